The highest BCUT2D eigenvalue weighted by Gasteiger charge is 2.26. The summed E-state index contributed by atoms with van der Waals surface area (Å²) in [5, 5.41) is 6.65. The first-order valence-electron chi connectivity index (χ1n) is 9.37. The third-order valence-electron chi connectivity index (χ3n) is 4.96. The third-order valence-corrected chi connectivity index (χ3v) is 5.48. The molecule has 146 valence electrons. The van der Waals surface area contributed by atoms with Gasteiger partial charge in [0.2, 0.25) is 11.8 Å². The SMILES string of the molecule is CN=C(NCCN1C(=O)CCCC1=O)NC1CCN(c2ccc(Br)cc2)C1. The highest BCUT2D eigenvalue weighted by molar-refractivity contribution is 9.10. The van der Waals surface area contributed by atoms with Crippen LogP contribution in [0, 0.1) is 0 Å². The van der Waals surface area contributed by atoms with Crippen LogP contribution in [0.5, 0.6) is 0 Å². The van der Waals surface area contributed by atoms with E-state index in [9.17, 15) is 9.59 Å². The zero-order valence-corrected chi connectivity index (χ0v) is 17.2. The average Bonchev–Trinajstić information content (AvgIpc) is 3.12. The van der Waals surface area contributed by atoms with Gasteiger partial charge in [0.15, 0.2) is 5.96 Å². The normalized spacial score (nSPS) is 21.0. The van der Waals surface area contributed by atoms with E-state index in [4.69, 9.17) is 0 Å². The van der Waals surface area contributed by atoms with Gasteiger partial charge in [-0.05, 0) is 37.1 Å². The molecule has 0 aliphatic carbocycles. The second-order valence-corrected chi connectivity index (χ2v) is 7.76. The van der Waals surface area contributed by atoms with Crippen LogP contribution < -0.4 is 15.5 Å². The summed E-state index contributed by atoms with van der Waals surface area (Å²) in [6.07, 6.45) is 2.63. The number of benzene rings is 1. The van der Waals surface area contributed by atoms with Crippen LogP contribution in [0.15, 0.2) is 33.7 Å². The van der Waals surface area contributed by atoms with Gasteiger partial charge in [0, 0.05) is 62.3 Å². The molecule has 27 heavy (non-hydrogen) atoms. The van der Waals surface area contributed by atoms with Crippen molar-refractivity contribution in [3.8, 4) is 0 Å². The number of imide groups is 1. The molecule has 2 aliphatic rings. The minimum atomic E-state index is -0.0723. The Morgan fingerprint density at radius 1 is 1.22 bits per heavy atom. The quantitative estimate of drug-likeness (QED) is 0.418. The van der Waals surface area contributed by atoms with Gasteiger partial charge in [-0.25, -0.2) is 0 Å². The first kappa shape index (κ1) is 19.7. The molecule has 0 aromatic heterocycles. The molecular weight excluding hydrogens is 410 g/mol. The van der Waals surface area contributed by atoms with Gasteiger partial charge in [-0.2, -0.15) is 0 Å². The third kappa shape index (κ3) is 5.22. The predicted octanol–water partition coefficient (Wildman–Crippen LogP) is 1.73. The van der Waals surface area contributed by atoms with E-state index in [1.54, 1.807) is 7.05 Å². The molecule has 0 spiro atoms. The molecule has 1 aromatic rings. The van der Waals surface area contributed by atoms with Crippen LogP contribution in [0.2, 0.25) is 0 Å². The summed E-state index contributed by atoms with van der Waals surface area (Å²) in [5.74, 6) is 0.559. The Labute approximate surface area is 168 Å². The Bertz CT molecular complexity index is 691. The first-order valence-corrected chi connectivity index (χ1v) is 10.2. The Morgan fingerprint density at radius 2 is 1.93 bits per heavy atom. The van der Waals surface area contributed by atoms with Gasteiger partial charge in [0.05, 0.1) is 0 Å². The predicted molar refractivity (Wildman–Crippen MR) is 110 cm³/mol. The molecule has 2 fully saturated rings. The number of nitrogens with zero attached hydrogens (tertiary/aromatic N) is 3. The first-order chi connectivity index (χ1) is 13.1. The molecule has 0 radical (unpaired) electrons. The number of hydrogen-bond donors (Lipinski definition) is 2. The zero-order chi connectivity index (χ0) is 19.2. The molecular formula is C19H26BrN5O2. The average molecular weight is 436 g/mol. The van der Waals surface area contributed by atoms with Crippen molar-refractivity contribution in [1.29, 1.82) is 0 Å². The van der Waals surface area contributed by atoms with Gasteiger partial charge in [-0.15, -0.1) is 0 Å². The number of guanidine groups is 1. The van der Waals surface area contributed by atoms with Gasteiger partial charge in [0.1, 0.15) is 0 Å². The fourth-order valence-corrected chi connectivity index (χ4v) is 3.75. The molecule has 1 unspecified atom stereocenters. The summed E-state index contributed by atoms with van der Waals surface area (Å²) >= 11 is 3.47. The molecule has 0 saturated carbocycles. The number of carbonyl (C=O) groups excluding carboxylic acids is 2. The van der Waals surface area contributed by atoms with Crippen molar-refractivity contribution in [2.24, 2.45) is 4.99 Å². The highest BCUT2D eigenvalue weighted by atomic mass is 79.9. The molecule has 8 heteroatoms. The molecule has 7 nitrogen and oxygen atoms in total. The lowest BCUT2D eigenvalue weighted by Crippen LogP contribution is -2.48. The number of hydrogen-bond acceptors (Lipinski definition) is 4. The van der Waals surface area contributed by atoms with Crippen LogP contribution in [0.25, 0.3) is 0 Å². The molecule has 2 aliphatic heterocycles. The van der Waals surface area contributed by atoms with Crippen molar-refractivity contribution in [3.63, 3.8) is 0 Å². The maximum Gasteiger partial charge on any atom is 0.229 e. The van der Waals surface area contributed by atoms with Gasteiger partial charge in [-0.1, -0.05) is 15.9 Å². The minimum absolute atomic E-state index is 0.0723. The van der Waals surface area contributed by atoms with Crippen LogP contribution >= 0.6 is 15.9 Å². The molecule has 0 bridgehead atoms. The smallest absolute Gasteiger partial charge is 0.229 e. The maximum absolute atomic E-state index is 11.8. The summed E-state index contributed by atoms with van der Waals surface area (Å²) in [5.41, 5.74) is 1.22. The number of aliphatic imine (C=N–C) groups is 1. The van der Waals surface area contributed by atoms with Crippen molar-refractivity contribution in [2.45, 2.75) is 31.7 Å². The number of anilines is 1. The maximum atomic E-state index is 11.8. The summed E-state index contributed by atoms with van der Waals surface area (Å²) in [4.78, 5) is 31.7. The Morgan fingerprint density at radius 3 is 2.59 bits per heavy atom. The van der Waals surface area contributed by atoms with Crippen LogP contribution in [-0.4, -0.2) is 61.9 Å². The molecule has 2 N–H and O–H groups in total. The largest absolute Gasteiger partial charge is 0.369 e. The number of nitrogens with one attached hydrogen (secondary N) is 2. The summed E-state index contributed by atoms with van der Waals surface area (Å²) in [6, 6.07) is 8.65. The standard InChI is InChI=1S/C19H26BrN5O2/c1-21-19(22-10-12-25-17(26)3-2-4-18(25)27)23-15-9-11-24(13-15)16-7-5-14(20)6-8-16/h5-8,15H,2-4,9-13H2,1H3,(H2,21,22,23). The van der Waals surface area contributed by atoms with E-state index in [1.807, 2.05) is 0 Å². The van der Waals surface area contributed by atoms with E-state index in [1.165, 1.54) is 10.6 Å². The second kappa shape index (κ2) is 9.21. The monoisotopic (exact) mass is 435 g/mol. The Balaban J connectivity index is 1.44. The fraction of sp³-hybridized carbons (Fsp3) is 0.526. The van der Waals surface area contributed by atoms with Gasteiger partial charge >= 0.3 is 0 Å². The van der Waals surface area contributed by atoms with Gasteiger partial charge in [0.25, 0.3) is 0 Å². The van der Waals surface area contributed by atoms with E-state index >= 15 is 0 Å². The molecule has 3 rings (SSSR count). The lowest BCUT2D eigenvalue weighted by molar-refractivity contribution is -0.147. The molecule has 1 aromatic carbocycles. The van der Waals surface area contributed by atoms with Gasteiger partial charge < -0.3 is 15.5 Å². The number of amides is 2. The van der Waals surface area contributed by atoms with Crippen molar-refractivity contribution >= 4 is 39.4 Å². The molecule has 2 amide bonds. The summed E-state index contributed by atoms with van der Waals surface area (Å²) < 4.78 is 1.08. The van der Waals surface area contributed by atoms with Gasteiger partial charge in [-0.3, -0.25) is 19.5 Å². The number of halogens is 1. The minimum Gasteiger partial charge on any atom is -0.369 e. The van der Waals surface area contributed by atoms with E-state index in [0.29, 0.717) is 44.4 Å². The number of piperidine rings is 1. The number of rotatable bonds is 5. The van der Waals surface area contributed by atoms with Crippen LogP contribution in [-0.2, 0) is 9.59 Å². The molecule has 1 atom stereocenters. The Hall–Kier alpha value is -2.09. The lowest BCUT2D eigenvalue weighted by atomic mass is 10.1. The van der Waals surface area contributed by atoms with Crippen LogP contribution in [0.4, 0.5) is 5.69 Å². The Kier molecular flexibility index (Phi) is 6.71. The summed E-state index contributed by atoms with van der Waals surface area (Å²) in [6.45, 7) is 2.78. The second-order valence-electron chi connectivity index (χ2n) is 6.84. The van der Waals surface area contributed by atoms with Crippen LogP contribution in [0.1, 0.15) is 25.7 Å². The fourth-order valence-electron chi connectivity index (χ4n) is 3.49. The molecule has 2 heterocycles. The zero-order valence-electron chi connectivity index (χ0n) is 15.6. The van der Waals surface area contributed by atoms with Crippen molar-refractivity contribution in [1.82, 2.24) is 15.5 Å². The highest BCUT2D eigenvalue weighted by Crippen LogP contribution is 2.22. The summed E-state index contributed by atoms with van der Waals surface area (Å²) in [7, 11) is 1.73. The van der Waals surface area contributed by atoms with E-state index in [2.05, 4.69) is 60.7 Å². The topological polar surface area (TPSA) is 77.0 Å². The van der Waals surface area contributed by atoms with Crippen molar-refractivity contribution in [2.75, 3.05) is 38.1 Å². The van der Waals surface area contributed by atoms with Crippen molar-refractivity contribution < 1.29 is 9.59 Å². The van der Waals surface area contributed by atoms with Crippen molar-refractivity contribution in [3.05, 3.63) is 28.7 Å². The van der Waals surface area contributed by atoms with Crippen LogP contribution in [0.3, 0.4) is 0 Å². The van der Waals surface area contributed by atoms with E-state index in [-0.39, 0.29) is 11.8 Å². The number of likely N-dealkylation sites (tertiary alicyclic amines) is 1. The molecule has 2 saturated heterocycles. The van der Waals surface area contributed by atoms with E-state index < -0.39 is 0 Å². The van der Waals surface area contributed by atoms with E-state index in [0.717, 1.165) is 24.0 Å². The lowest BCUT2D eigenvalue weighted by Gasteiger charge is -2.25. The number of carbonyl (C=O) groups is 2.